The van der Waals surface area contributed by atoms with Gasteiger partial charge in [0.1, 0.15) is 0 Å². The van der Waals surface area contributed by atoms with Crippen molar-refractivity contribution in [2.24, 2.45) is 29.1 Å². The minimum absolute atomic E-state index is 0.498. The van der Waals surface area contributed by atoms with Crippen molar-refractivity contribution in [1.82, 2.24) is 0 Å². The van der Waals surface area contributed by atoms with Crippen molar-refractivity contribution >= 4 is 0 Å². The lowest BCUT2D eigenvalue weighted by Crippen LogP contribution is -2.41. The lowest BCUT2D eigenvalue weighted by atomic mass is 9.54. The van der Waals surface area contributed by atoms with Gasteiger partial charge < -0.3 is 0 Å². The third kappa shape index (κ3) is 2.78. The Labute approximate surface area is 121 Å². The fourth-order valence-electron chi connectivity index (χ4n) is 5.13. The number of hydrogen-bond acceptors (Lipinski definition) is 0. The maximum atomic E-state index is 2.65. The van der Waals surface area contributed by atoms with Crippen LogP contribution in [0.1, 0.15) is 79.6 Å². The molecule has 0 heteroatoms. The molecule has 0 heterocycles. The summed E-state index contributed by atoms with van der Waals surface area (Å²) in [4.78, 5) is 0. The monoisotopic (exact) mass is 262 g/mol. The molecule has 0 bridgehead atoms. The van der Waals surface area contributed by atoms with Gasteiger partial charge in [-0.05, 0) is 61.2 Å². The van der Waals surface area contributed by atoms with Crippen LogP contribution in [0.25, 0.3) is 0 Å². The van der Waals surface area contributed by atoms with Crippen LogP contribution in [0.2, 0.25) is 0 Å². The maximum absolute atomic E-state index is 2.65. The Morgan fingerprint density at radius 3 is 2.68 bits per heavy atom. The molecule has 0 aliphatic heterocycles. The molecule has 0 spiro atoms. The van der Waals surface area contributed by atoms with Crippen molar-refractivity contribution in [2.45, 2.75) is 79.6 Å². The maximum Gasteiger partial charge on any atom is -0.00855 e. The van der Waals surface area contributed by atoms with E-state index >= 15 is 0 Å². The van der Waals surface area contributed by atoms with Gasteiger partial charge in [0, 0.05) is 0 Å². The molecule has 2 rings (SSSR count). The average molecular weight is 262 g/mol. The van der Waals surface area contributed by atoms with Crippen molar-refractivity contribution < 1.29 is 0 Å². The van der Waals surface area contributed by atoms with E-state index in [1.807, 2.05) is 5.57 Å². The van der Waals surface area contributed by atoms with E-state index in [2.05, 4.69) is 40.7 Å². The molecule has 19 heavy (non-hydrogen) atoms. The number of hydrogen-bond donors (Lipinski definition) is 0. The summed E-state index contributed by atoms with van der Waals surface area (Å²) >= 11 is 0. The molecule has 2 aliphatic rings. The van der Waals surface area contributed by atoms with Crippen molar-refractivity contribution in [1.29, 1.82) is 0 Å². The zero-order valence-corrected chi connectivity index (χ0v) is 13.8. The zero-order chi connectivity index (χ0) is 14.0. The second kappa shape index (κ2) is 6.02. The van der Waals surface area contributed by atoms with Crippen LogP contribution in [0, 0.1) is 29.1 Å². The molecule has 0 aromatic heterocycles. The van der Waals surface area contributed by atoms with Gasteiger partial charge in [-0.1, -0.05) is 59.1 Å². The van der Waals surface area contributed by atoms with Crippen molar-refractivity contribution in [3.05, 3.63) is 11.6 Å². The first-order valence-corrected chi connectivity index (χ1v) is 8.73. The van der Waals surface area contributed by atoms with E-state index in [9.17, 15) is 0 Å². The van der Waals surface area contributed by atoms with Crippen LogP contribution >= 0.6 is 0 Å². The number of rotatable bonds is 4. The van der Waals surface area contributed by atoms with E-state index in [1.165, 1.54) is 44.9 Å². The first-order chi connectivity index (χ1) is 9.02. The number of fused-ring (bicyclic) bond motifs is 1. The van der Waals surface area contributed by atoms with E-state index in [0.29, 0.717) is 5.41 Å². The first kappa shape index (κ1) is 15.1. The predicted molar refractivity (Wildman–Crippen MR) is 85.2 cm³/mol. The highest BCUT2D eigenvalue weighted by molar-refractivity contribution is 5.24. The molecule has 0 aromatic rings. The predicted octanol–water partition coefficient (Wildman–Crippen LogP) is 6.22. The Morgan fingerprint density at radius 2 is 2.05 bits per heavy atom. The van der Waals surface area contributed by atoms with Gasteiger partial charge in [-0.25, -0.2) is 0 Å². The molecule has 0 saturated heterocycles. The smallest absolute Gasteiger partial charge is 0.00855 e. The Bertz CT molecular complexity index is 327. The van der Waals surface area contributed by atoms with E-state index in [-0.39, 0.29) is 0 Å². The zero-order valence-electron chi connectivity index (χ0n) is 13.8. The molecule has 0 aromatic carbocycles. The van der Waals surface area contributed by atoms with Gasteiger partial charge in [-0.2, -0.15) is 0 Å². The quantitative estimate of drug-likeness (QED) is 0.527. The lowest BCUT2D eigenvalue weighted by Gasteiger charge is -2.51. The fourth-order valence-corrected chi connectivity index (χ4v) is 5.13. The Kier molecular flexibility index (Phi) is 4.79. The van der Waals surface area contributed by atoms with Crippen LogP contribution in [-0.2, 0) is 0 Å². The summed E-state index contributed by atoms with van der Waals surface area (Å²) in [5, 5.41) is 0. The highest BCUT2D eigenvalue weighted by atomic mass is 14.5. The van der Waals surface area contributed by atoms with Gasteiger partial charge in [0.2, 0.25) is 0 Å². The normalized spacial score (nSPS) is 40.5. The summed E-state index contributed by atoms with van der Waals surface area (Å²) < 4.78 is 0. The molecule has 110 valence electrons. The second-order valence-electron chi connectivity index (χ2n) is 7.65. The van der Waals surface area contributed by atoms with Gasteiger partial charge in [0.05, 0.1) is 0 Å². The van der Waals surface area contributed by atoms with E-state index in [1.54, 1.807) is 0 Å². The van der Waals surface area contributed by atoms with Crippen molar-refractivity contribution in [3.8, 4) is 0 Å². The van der Waals surface area contributed by atoms with E-state index in [0.717, 1.165) is 23.7 Å². The SMILES string of the molecule is CCCC(C)C1CCC2CC(C)CC=C2[C@]1(C)CC. The molecule has 2 aliphatic carbocycles. The summed E-state index contributed by atoms with van der Waals surface area (Å²) in [5.41, 5.74) is 2.35. The first-order valence-electron chi connectivity index (χ1n) is 8.73. The molecule has 1 fully saturated rings. The van der Waals surface area contributed by atoms with Crippen LogP contribution in [-0.4, -0.2) is 0 Å². The molecular weight excluding hydrogens is 228 g/mol. The molecule has 5 atom stereocenters. The molecule has 0 amide bonds. The Morgan fingerprint density at radius 1 is 1.32 bits per heavy atom. The molecule has 4 unspecified atom stereocenters. The summed E-state index contributed by atoms with van der Waals surface area (Å²) in [6.07, 6.45) is 12.5. The Balaban J connectivity index is 2.25. The lowest BCUT2D eigenvalue weighted by molar-refractivity contribution is 0.0811. The molecule has 0 nitrogen and oxygen atoms in total. The van der Waals surface area contributed by atoms with Crippen LogP contribution < -0.4 is 0 Å². The van der Waals surface area contributed by atoms with Gasteiger partial charge in [-0.3, -0.25) is 0 Å². The van der Waals surface area contributed by atoms with Gasteiger partial charge in [-0.15, -0.1) is 0 Å². The third-order valence-corrected chi connectivity index (χ3v) is 6.34. The van der Waals surface area contributed by atoms with Crippen LogP contribution in [0.15, 0.2) is 11.6 Å². The Hall–Kier alpha value is -0.260. The van der Waals surface area contributed by atoms with Gasteiger partial charge in [0.25, 0.3) is 0 Å². The highest BCUT2D eigenvalue weighted by Crippen LogP contribution is 2.56. The average Bonchev–Trinajstić information content (AvgIpc) is 2.38. The number of allylic oxidation sites excluding steroid dienone is 2. The standard InChI is InChI=1S/C19H34/c1-6-8-15(4)17-12-10-16-13-14(3)9-11-18(16)19(17,5)7-2/h11,14-17H,6-10,12-13H2,1-5H3/t14?,15?,16?,17?,19-/m1/s1. The second-order valence-corrected chi connectivity index (χ2v) is 7.65. The summed E-state index contributed by atoms with van der Waals surface area (Å²) in [7, 11) is 0. The molecular formula is C19H34. The molecule has 0 radical (unpaired) electrons. The topological polar surface area (TPSA) is 0 Å². The van der Waals surface area contributed by atoms with Crippen molar-refractivity contribution in [3.63, 3.8) is 0 Å². The summed E-state index contributed by atoms with van der Waals surface area (Å²) in [6.45, 7) is 12.3. The van der Waals surface area contributed by atoms with Gasteiger partial charge >= 0.3 is 0 Å². The minimum Gasteiger partial charge on any atom is -0.0842 e. The highest BCUT2D eigenvalue weighted by Gasteiger charge is 2.45. The minimum atomic E-state index is 0.498. The largest absolute Gasteiger partial charge is 0.0842 e. The fraction of sp³-hybridized carbons (Fsp3) is 0.895. The van der Waals surface area contributed by atoms with Crippen LogP contribution in [0.3, 0.4) is 0 Å². The van der Waals surface area contributed by atoms with Crippen LogP contribution in [0.4, 0.5) is 0 Å². The molecule has 1 saturated carbocycles. The van der Waals surface area contributed by atoms with Crippen LogP contribution in [0.5, 0.6) is 0 Å². The summed E-state index contributed by atoms with van der Waals surface area (Å²) in [6, 6.07) is 0. The van der Waals surface area contributed by atoms with E-state index < -0.39 is 0 Å². The van der Waals surface area contributed by atoms with E-state index in [4.69, 9.17) is 0 Å². The molecule has 0 N–H and O–H groups in total. The van der Waals surface area contributed by atoms with Gasteiger partial charge in [0.15, 0.2) is 0 Å². The summed E-state index contributed by atoms with van der Waals surface area (Å²) in [5.74, 6) is 3.66. The third-order valence-electron chi connectivity index (χ3n) is 6.34. The van der Waals surface area contributed by atoms with Crippen molar-refractivity contribution in [2.75, 3.05) is 0 Å².